The van der Waals surface area contributed by atoms with Gasteiger partial charge in [0.25, 0.3) is 0 Å². The summed E-state index contributed by atoms with van der Waals surface area (Å²) in [5, 5.41) is 9.03. The Hall–Kier alpha value is -1.42. The zero-order valence-corrected chi connectivity index (χ0v) is 9.27. The number of carboxylic acid groups (broad SMARTS) is 1. The molecule has 4 heteroatoms. The molecule has 0 saturated heterocycles. The fraction of sp³-hybridized carbons (Fsp3) is 0.455. The van der Waals surface area contributed by atoms with Crippen molar-refractivity contribution in [1.82, 2.24) is 9.88 Å². The van der Waals surface area contributed by atoms with Crippen molar-refractivity contribution in [1.29, 1.82) is 0 Å². The summed E-state index contributed by atoms with van der Waals surface area (Å²) in [6, 6.07) is 5.62. The van der Waals surface area contributed by atoms with Gasteiger partial charge in [-0.1, -0.05) is 6.07 Å². The van der Waals surface area contributed by atoms with Gasteiger partial charge in [-0.15, -0.1) is 0 Å². The van der Waals surface area contributed by atoms with E-state index in [-0.39, 0.29) is 0 Å². The van der Waals surface area contributed by atoms with Gasteiger partial charge >= 0.3 is 5.97 Å². The number of hydrogen-bond acceptors (Lipinski definition) is 3. The number of rotatable bonds is 4. The van der Waals surface area contributed by atoms with Crippen LogP contribution in [0.2, 0.25) is 0 Å². The number of aliphatic carboxylic acids is 1. The van der Waals surface area contributed by atoms with Gasteiger partial charge in [0.15, 0.2) is 0 Å². The van der Waals surface area contributed by atoms with Crippen molar-refractivity contribution < 1.29 is 9.90 Å². The Labute approximate surface area is 89.6 Å². The van der Waals surface area contributed by atoms with Crippen LogP contribution in [0, 0.1) is 0 Å². The van der Waals surface area contributed by atoms with E-state index >= 15 is 0 Å². The quantitative estimate of drug-likeness (QED) is 0.812. The van der Waals surface area contributed by atoms with Gasteiger partial charge in [-0.2, -0.15) is 0 Å². The average Bonchev–Trinajstić information content (AvgIpc) is 2.18. The van der Waals surface area contributed by atoms with Gasteiger partial charge in [0, 0.05) is 12.7 Å². The van der Waals surface area contributed by atoms with Gasteiger partial charge in [-0.05, 0) is 33.0 Å². The molecule has 1 heterocycles. The molecule has 0 saturated carbocycles. The van der Waals surface area contributed by atoms with E-state index in [1.165, 1.54) is 0 Å². The highest BCUT2D eigenvalue weighted by atomic mass is 16.4. The van der Waals surface area contributed by atoms with E-state index in [1.807, 2.05) is 18.2 Å². The molecule has 0 unspecified atom stereocenters. The summed E-state index contributed by atoms with van der Waals surface area (Å²) in [6.45, 7) is 3.89. The molecular formula is C11H16N2O2. The number of carbonyl (C=O) groups is 1. The molecule has 0 radical (unpaired) electrons. The SMILES string of the molecule is CN(Cc1ccccn1)C(C)(C)C(=O)O. The van der Waals surface area contributed by atoms with Crippen LogP contribution in [0.15, 0.2) is 24.4 Å². The summed E-state index contributed by atoms with van der Waals surface area (Å²) in [4.78, 5) is 16.9. The number of nitrogens with zero attached hydrogens (tertiary/aromatic N) is 2. The van der Waals surface area contributed by atoms with Crippen molar-refractivity contribution in [2.75, 3.05) is 7.05 Å². The lowest BCUT2D eigenvalue weighted by molar-refractivity contribution is -0.148. The van der Waals surface area contributed by atoms with E-state index < -0.39 is 11.5 Å². The maximum absolute atomic E-state index is 11.0. The lowest BCUT2D eigenvalue weighted by Crippen LogP contribution is -2.47. The van der Waals surface area contributed by atoms with Crippen LogP contribution < -0.4 is 0 Å². The van der Waals surface area contributed by atoms with Crippen molar-refractivity contribution in [3.63, 3.8) is 0 Å². The Morgan fingerprint density at radius 2 is 2.20 bits per heavy atom. The second-order valence-electron chi connectivity index (χ2n) is 4.04. The zero-order valence-electron chi connectivity index (χ0n) is 9.27. The standard InChI is InChI=1S/C11H16N2O2/c1-11(2,10(14)15)13(3)8-9-6-4-5-7-12-9/h4-7H,8H2,1-3H3,(H,14,15). The number of carboxylic acids is 1. The first-order chi connectivity index (χ1) is 6.94. The minimum atomic E-state index is -0.877. The third-order valence-electron chi connectivity index (χ3n) is 2.60. The minimum Gasteiger partial charge on any atom is -0.480 e. The topological polar surface area (TPSA) is 53.4 Å². The van der Waals surface area contributed by atoms with Crippen molar-refractivity contribution in [2.24, 2.45) is 0 Å². The largest absolute Gasteiger partial charge is 0.480 e. The fourth-order valence-corrected chi connectivity index (χ4v) is 1.10. The maximum atomic E-state index is 11.0. The summed E-state index contributed by atoms with van der Waals surface area (Å²) in [7, 11) is 1.78. The molecule has 0 aliphatic rings. The van der Waals surface area contributed by atoms with Gasteiger partial charge in [0.05, 0.1) is 5.69 Å². The van der Waals surface area contributed by atoms with E-state index in [9.17, 15) is 4.79 Å². The van der Waals surface area contributed by atoms with E-state index in [0.29, 0.717) is 6.54 Å². The number of likely N-dealkylation sites (N-methyl/N-ethyl adjacent to an activating group) is 1. The first-order valence-electron chi connectivity index (χ1n) is 4.79. The van der Waals surface area contributed by atoms with Gasteiger partial charge in [0.2, 0.25) is 0 Å². The highest BCUT2D eigenvalue weighted by molar-refractivity contribution is 5.77. The molecule has 4 nitrogen and oxygen atoms in total. The molecule has 1 aromatic rings. The predicted molar refractivity (Wildman–Crippen MR) is 57.4 cm³/mol. The van der Waals surface area contributed by atoms with Crippen molar-refractivity contribution in [3.8, 4) is 0 Å². The van der Waals surface area contributed by atoms with Crippen molar-refractivity contribution >= 4 is 5.97 Å². The Balaban J connectivity index is 2.72. The Bertz CT molecular complexity index is 336. The lowest BCUT2D eigenvalue weighted by atomic mass is 10.0. The molecule has 0 spiro atoms. The smallest absolute Gasteiger partial charge is 0.323 e. The zero-order chi connectivity index (χ0) is 11.5. The summed E-state index contributed by atoms with van der Waals surface area (Å²) in [5.41, 5.74) is -0.00771. The third kappa shape index (κ3) is 2.76. The Kier molecular flexibility index (Phi) is 3.42. The van der Waals surface area contributed by atoms with Gasteiger partial charge in [-0.25, -0.2) is 0 Å². The van der Waals surface area contributed by atoms with Crippen LogP contribution in [-0.2, 0) is 11.3 Å². The molecule has 82 valence electrons. The monoisotopic (exact) mass is 208 g/mol. The summed E-state index contributed by atoms with van der Waals surface area (Å²) >= 11 is 0. The van der Waals surface area contributed by atoms with Gasteiger partial charge in [0.1, 0.15) is 5.54 Å². The van der Waals surface area contributed by atoms with Gasteiger partial charge < -0.3 is 5.11 Å². The molecule has 0 fully saturated rings. The van der Waals surface area contributed by atoms with E-state index in [2.05, 4.69) is 4.98 Å². The second-order valence-corrected chi connectivity index (χ2v) is 4.04. The summed E-state index contributed by atoms with van der Waals surface area (Å²) in [5.74, 6) is -0.832. The van der Waals surface area contributed by atoms with Crippen LogP contribution in [-0.4, -0.2) is 33.5 Å². The molecule has 15 heavy (non-hydrogen) atoms. The average molecular weight is 208 g/mol. The Morgan fingerprint density at radius 3 is 2.67 bits per heavy atom. The van der Waals surface area contributed by atoms with Crippen LogP contribution >= 0.6 is 0 Å². The lowest BCUT2D eigenvalue weighted by Gasteiger charge is -2.31. The molecule has 0 aliphatic carbocycles. The van der Waals surface area contributed by atoms with Crippen LogP contribution in [0.1, 0.15) is 19.5 Å². The van der Waals surface area contributed by atoms with Crippen LogP contribution in [0.25, 0.3) is 0 Å². The van der Waals surface area contributed by atoms with E-state index in [1.54, 1.807) is 32.0 Å². The third-order valence-corrected chi connectivity index (χ3v) is 2.60. The number of hydrogen-bond donors (Lipinski definition) is 1. The molecular weight excluding hydrogens is 192 g/mol. The molecule has 0 bridgehead atoms. The molecule has 0 aliphatic heterocycles. The fourth-order valence-electron chi connectivity index (χ4n) is 1.10. The highest BCUT2D eigenvalue weighted by Gasteiger charge is 2.31. The molecule has 0 atom stereocenters. The highest BCUT2D eigenvalue weighted by Crippen LogP contribution is 2.14. The first-order valence-corrected chi connectivity index (χ1v) is 4.79. The number of pyridine rings is 1. The maximum Gasteiger partial charge on any atom is 0.323 e. The molecule has 0 amide bonds. The molecule has 0 aromatic carbocycles. The second kappa shape index (κ2) is 4.40. The summed E-state index contributed by atoms with van der Waals surface area (Å²) in [6.07, 6.45) is 1.71. The van der Waals surface area contributed by atoms with Crippen LogP contribution in [0.3, 0.4) is 0 Å². The van der Waals surface area contributed by atoms with E-state index in [4.69, 9.17) is 5.11 Å². The molecule has 1 aromatic heterocycles. The van der Waals surface area contributed by atoms with E-state index in [0.717, 1.165) is 5.69 Å². The predicted octanol–water partition coefficient (Wildman–Crippen LogP) is 1.38. The van der Waals surface area contributed by atoms with Gasteiger partial charge in [-0.3, -0.25) is 14.7 Å². The van der Waals surface area contributed by atoms with Crippen LogP contribution in [0.4, 0.5) is 0 Å². The minimum absolute atomic E-state index is 0.528. The van der Waals surface area contributed by atoms with Crippen molar-refractivity contribution in [2.45, 2.75) is 25.9 Å². The van der Waals surface area contributed by atoms with Crippen molar-refractivity contribution in [3.05, 3.63) is 30.1 Å². The normalized spacial score (nSPS) is 11.7. The molecule has 1 rings (SSSR count). The Morgan fingerprint density at radius 1 is 1.53 bits per heavy atom. The molecule has 1 N–H and O–H groups in total. The first kappa shape index (κ1) is 11.7. The number of aromatic nitrogens is 1. The summed E-state index contributed by atoms with van der Waals surface area (Å²) < 4.78 is 0. The van der Waals surface area contributed by atoms with Crippen LogP contribution in [0.5, 0.6) is 0 Å².